The Bertz CT molecular complexity index is 1060. The molecule has 0 radical (unpaired) electrons. The van der Waals surface area contributed by atoms with Crippen molar-refractivity contribution >= 4 is 17.4 Å². The summed E-state index contributed by atoms with van der Waals surface area (Å²) < 4.78 is 10.8. The maximum Gasteiger partial charge on any atom is 0.295 e. The van der Waals surface area contributed by atoms with Crippen molar-refractivity contribution in [3.63, 3.8) is 0 Å². The van der Waals surface area contributed by atoms with Gasteiger partial charge in [0.25, 0.3) is 11.7 Å². The molecule has 1 saturated heterocycles. The van der Waals surface area contributed by atoms with E-state index >= 15 is 0 Å². The highest BCUT2D eigenvalue weighted by atomic mass is 16.5. The highest BCUT2D eigenvalue weighted by molar-refractivity contribution is 6.46. The van der Waals surface area contributed by atoms with Crippen molar-refractivity contribution in [1.29, 1.82) is 0 Å². The number of ketones is 1. The van der Waals surface area contributed by atoms with Gasteiger partial charge in [-0.3, -0.25) is 9.59 Å². The number of aliphatic hydroxyl groups excluding tert-OH is 1. The summed E-state index contributed by atoms with van der Waals surface area (Å²) in [6, 6.07) is 11.7. The van der Waals surface area contributed by atoms with Crippen LogP contribution in [-0.2, 0) is 9.59 Å². The Balaban J connectivity index is 2.17. The smallest absolute Gasteiger partial charge is 0.295 e. The third kappa shape index (κ3) is 4.73. The summed E-state index contributed by atoms with van der Waals surface area (Å²) in [7, 11) is 3.12. The fourth-order valence-corrected chi connectivity index (χ4v) is 4.29. The van der Waals surface area contributed by atoms with Crippen LogP contribution in [0.5, 0.6) is 11.5 Å². The SMILES string of the molecule is CCN(CC)CCN1C(=O)C(=O)/C(=C(/O)c2ccc(OC)cc2C)[C@H]1c1ccccc1OC. The number of hydrogen-bond acceptors (Lipinski definition) is 6. The Morgan fingerprint density at radius 2 is 1.76 bits per heavy atom. The lowest BCUT2D eigenvalue weighted by atomic mass is 9.93. The normalized spacial score (nSPS) is 17.6. The number of hydrogen-bond donors (Lipinski definition) is 1. The Morgan fingerprint density at radius 3 is 2.36 bits per heavy atom. The van der Waals surface area contributed by atoms with E-state index in [1.165, 1.54) is 0 Å². The number of likely N-dealkylation sites (N-methyl/N-ethyl adjacent to an activating group) is 1. The molecule has 2 aromatic carbocycles. The average molecular weight is 453 g/mol. The van der Waals surface area contributed by atoms with Crippen molar-refractivity contribution in [2.75, 3.05) is 40.4 Å². The first kappa shape index (κ1) is 24.3. The van der Waals surface area contributed by atoms with Crippen LogP contribution >= 0.6 is 0 Å². The molecule has 0 aromatic heterocycles. The highest BCUT2D eigenvalue weighted by Gasteiger charge is 2.47. The summed E-state index contributed by atoms with van der Waals surface area (Å²) in [5.41, 5.74) is 1.95. The zero-order valence-electron chi connectivity index (χ0n) is 19.9. The lowest BCUT2D eigenvalue weighted by Gasteiger charge is -2.29. The van der Waals surface area contributed by atoms with Crippen LogP contribution in [0.15, 0.2) is 48.0 Å². The van der Waals surface area contributed by atoms with Gasteiger partial charge < -0.3 is 24.4 Å². The molecular weight excluding hydrogens is 420 g/mol. The molecule has 3 rings (SSSR count). The number of Topliss-reactive ketones (excluding diaryl/α,β-unsaturated/α-hetero) is 1. The Labute approximate surface area is 195 Å². The molecule has 1 aliphatic heterocycles. The van der Waals surface area contributed by atoms with Gasteiger partial charge >= 0.3 is 0 Å². The first-order valence-electron chi connectivity index (χ1n) is 11.2. The molecule has 0 unspecified atom stereocenters. The maximum atomic E-state index is 13.2. The second-order valence-electron chi connectivity index (χ2n) is 7.94. The van der Waals surface area contributed by atoms with Crippen LogP contribution in [0.4, 0.5) is 0 Å². The monoisotopic (exact) mass is 452 g/mol. The Morgan fingerprint density at radius 1 is 1.06 bits per heavy atom. The summed E-state index contributed by atoms with van der Waals surface area (Å²) in [5.74, 6) is -0.321. The topological polar surface area (TPSA) is 79.3 Å². The minimum atomic E-state index is -0.752. The quantitative estimate of drug-likeness (QED) is 0.354. The number of aliphatic hydroxyl groups is 1. The van der Waals surface area contributed by atoms with Crippen LogP contribution in [0, 0.1) is 6.92 Å². The molecule has 1 heterocycles. The number of rotatable bonds is 9. The molecule has 1 atom stereocenters. The number of carbonyl (C=O) groups excluding carboxylic acids is 2. The van der Waals surface area contributed by atoms with Crippen molar-refractivity contribution in [2.24, 2.45) is 0 Å². The van der Waals surface area contributed by atoms with Gasteiger partial charge in [0.15, 0.2) is 0 Å². The molecule has 7 nitrogen and oxygen atoms in total. The number of aryl methyl sites for hydroxylation is 1. The fraction of sp³-hybridized carbons (Fsp3) is 0.385. The number of para-hydroxylation sites is 1. The van der Waals surface area contributed by atoms with E-state index in [1.54, 1.807) is 43.4 Å². The molecule has 0 aliphatic carbocycles. The van der Waals surface area contributed by atoms with Gasteiger partial charge in [0.1, 0.15) is 17.3 Å². The summed E-state index contributed by atoms with van der Waals surface area (Å²) in [6.45, 7) is 8.59. The van der Waals surface area contributed by atoms with Crippen molar-refractivity contribution in [3.8, 4) is 11.5 Å². The summed E-state index contributed by atoms with van der Waals surface area (Å²) in [5, 5.41) is 11.3. The predicted molar refractivity (Wildman–Crippen MR) is 128 cm³/mol. The van der Waals surface area contributed by atoms with E-state index < -0.39 is 17.7 Å². The first-order valence-corrected chi connectivity index (χ1v) is 11.2. The molecule has 1 fully saturated rings. The molecule has 2 aromatic rings. The van der Waals surface area contributed by atoms with Gasteiger partial charge in [0, 0.05) is 24.2 Å². The summed E-state index contributed by atoms with van der Waals surface area (Å²) >= 11 is 0. The Hall–Kier alpha value is -3.32. The first-order chi connectivity index (χ1) is 15.9. The van der Waals surface area contributed by atoms with Gasteiger partial charge in [-0.1, -0.05) is 32.0 Å². The number of nitrogens with zero attached hydrogens (tertiary/aromatic N) is 2. The molecule has 33 heavy (non-hydrogen) atoms. The third-order valence-electron chi connectivity index (χ3n) is 6.21. The van der Waals surface area contributed by atoms with Gasteiger partial charge in [-0.05, 0) is 49.8 Å². The zero-order valence-corrected chi connectivity index (χ0v) is 19.9. The molecular formula is C26H32N2O5. The van der Waals surface area contributed by atoms with Gasteiger partial charge in [-0.2, -0.15) is 0 Å². The van der Waals surface area contributed by atoms with Crippen LogP contribution in [-0.4, -0.2) is 67.0 Å². The van der Waals surface area contributed by atoms with Crippen molar-refractivity contribution in [2.45, 2.75) is 26.8 Å². The number of likely N-dealkylation sites (tertiary alicyclic amines) is 1. The van der Waals surface area contributed by atoms with Crippen molar-refractivity contribution in [1.82, 2.24) is 9.80 Å². The number of amides is 1. The average Bonchev–Trinajstić information content (AvgIpc) is 3.08. The highest BCUT2D eigenvalue weighted by Crippen LogP contribution is 2.43. The van der Waals surface area contributed by atoms with Crippen molar-refractivity contribution < 1.29 is 24.2 Å². The predicted octanol–water partition coefficient (Wildman–Crippen LogP) is 3.78. The Kier molecular flexibility index (Phi) is 7.76. The summed E-state index contributed by atoms with van der Waals surface area (Å²) in [6.07, 6.45) is 0. The van der Waals surface area contributed by atoms with Crippen LogP contribution in [0.3, 0.4) is 0 Å². The zero-order chi connectivity index (χ0) is 24.1. The molecule has 0 bridgehead atoms. The molecule has 0 spiro atoms. The van der Waals surface area contributed by atoms with Gasteiger partial charge in [0.2, 0.25) is 0 Å². The molecule has 176 valence electrons. The molecule has 0 saturated carbocycles. The fourth-order valence-electron chi connectivity index (χ4n) is 4.29. The number of benzene rings is 2. The summed E-state index contributed by atoms with van der Waals surface area (Å²) in [4.78, 5) is 30.1. The molecule has 1 aliphatic rings. The molecule has 7 heteroatoms. The van der Waals surface area contributed by atoms with E-state index in [4.69, 9.17) is 9.47 Å². The maximum absolute atomic E-state index is 13.2. The van der Waals surface area contributed by atoms with Gasteiger partial charge in [0.05, 0.1) is 25.8 Å². The van der Waals surface area contributed by atoms with Gasteiger partial charge in [-0.25, -0.2) is 0 Å². The van der Waals surface area contributed by atoms with E-state index in [9.17, 15) is 14.7 Å². The second kappa shape index (κ2) is 10.5. The third-order valence-corrected chi connectivity index (χ3v) is 6.21. The largest absolute Gasteiger partial charge is 0.507 e. The van der Waals surface area contributed by atoms with E-state index in [2.05, 4.69) is 18.7 Å². The van der Waals surface area contributed by atoms with Crippen LogP contribution in [0.1, 0.15) is 36.6 Å². The van der Waals surface area contributed by atoms with Crippen LogP contribution < -0.4 is 9.47 Å². The van der Waals surface area contributed by atoms with E-state index in [0.29, 0.717) is 35.7 Å². The number of ether oxygens (including phenoxy) is 2. The molecule has 1 amide bonds. The standard InChI is InChI=1S/C26H32N2O5/c1-6-27(7-2)14-15-28-23(20-10-8-9-11-21(20)33-5)22(25(30)26(28)31)24(29)19-13-12-18(32-4)16-17(19)3/h8-13,16,23,29H,6-7,14-15H2,1-5H3/b24-22+/t23-/m1/s1. The van der Waals surface area contributed by atoms with Crippen molar-refractivity contribution in [3.05, 3.63) is 64.7 Å². The lowest BCUT2D eigenvalue weighted by Crippen LogP contribution is -2.38. The molecule has 1 N–H and O–H groups in total. The van der Waals surface area contributed by atoms with Crippen LogP contribution in [0.25, 0.3) is 5.76 Å². The van der Waals surface area contributed by atoms with Crippen LogP contribution in [0.2, 0.25) is 0 Å². The minimum absolute atomic E-state index is 0.0670. The van der Waals surface area contributed by atoms with E-state index in [1.807, 2.05) is 25.1 Å². The van der Waals surface area contributed by atoms with Gasteiger partial charge in [-0.15, -0.1) is 0 Å². The van der Waals surface area contributed by atoms with E-state index in [0.717, 1.165) is 18.7 Å². The second-order valence-corrected chi connectivity index (χ2v) is 7.94. The van der Waals surface area contributed by atoms with E-state index in [-0.39, 0.29) is 11.3 Å². The number of methoxy groups -OCH3 is 2. The minimum Gasteiger partial charge on any atom is -0.507 e. The lowest BCUT2D eigenvalue weighted by molar-refractivity contribution is -0.140. The number of carbonyl (C=O) groups is 2.